The Balaban J connectivity index is 1.74. The van der Waals surface area contributed by atoms with E-state index in [1.807, 2.05) is 67.3 Å². The summed E-state index contributed by atoms with van der Waals surface area (Å²) in [4.78, 5) is 8.89. The van der Waals surface area contributed by atoms with Crippen LogP contribution in [-0.4, -0.2) is 33.9 Å². The summed E-state index contributed by atoms with van der Waals surface area (Å²) in [5, 5.41) is 12.0. The minimum atomic E-state index is 0.523. The molecule has 2 N–H and O–H groups in total. The van der Waals surface area contributed by atoms with E-state index in [-0.39, 0.29) is 0 Å². The lowest BCUT2D eigenvalue weighted by Gasteiger charge is -2.12. The van der Waals surface area contributed by atoms with E-state index in [2.05, 4.69) is 41.6 Å². The Bertz CT molecular complexity index is 1160. The average Bonchev–Trinajstić information content (AvgIpc) is 3.10. The van der Waals surface area contributed by atoms with Crippen molar-refractivity contribution in [2.75, 3.05) is 24.8 Å². The standard InChI is InChI=1S/C20H19BrN6O/c1-12-8-19(22-2)25-20(23-12)24-15-5-7-18(28-3)17(10-15)27-11-13-9-14(21)4-6-16(13)26-27/h4-11H,1-3H3,(H2,22,23,24,25). The molecule has 0 saturated heterocycles. The molecule has 2 heterocycles. The summed E-state index contributed by atoms with van der Waals surface area (Å²) < 4.78 is 8.37. The molecular formula is C20H19BrN6O. The number of hydrogen-bond donors (Lipinski definition) is 2. The Morgan fingerprint density at radius 2 is 1.93 bits per heavy atom. The molecule has 0 unspecified atom stereocenters. The molecule has 0 aliphatic heterocycles. The number of aryl methyl sites for hydroxylation is 1. The molecule has 2 aromatic heterocycles. The molecule has 2 aromatic carbocycles. The number of fused-ring (bicyclic) bond motifs is 1. The quantitative estimate of drug-likeness (QED) is 0.470. The van der Waals surface area contributed by atoms with Gasteiger partial charge in [0.2, 0.25) is 5.95 Å². The number of aromatic nitrogens is 4. The van der Waals surface area contributed by atoms with Gasteiger partial charge in [0.05, 0.1) is 12.6 Å². The maximum Gasteiger partial charge on any atom is 0.229 e. The van der Waals surface area contributed by atoms with Crippen LogP contribution in [0.3, 0.4) is 0 Å². The van der Waals surface area contributed by atoms with Gasteiger partial charge in [0.1, 0.15) is 17.3 Å². The van der Waals surface area contributed by atoms with E-state index in [1.54, 1.807) is 7.11 Å². The van der Waals surface area contributed by atoms with E-state index < -0.39 is 0 Å². The van der Waals surface area contributed by atoms with Gasteiger partial charge in [-0.05, 0) is 43.3 Å². The molecule has 0 aliphatic rings. The third-order valence-corrected chi connectivity index (χ3v) is 4.75. The van der Waals surface area contributed by atoms with E-state index in [0.29, 0.717) is 5.95 Å². The van der Waals surface area contributed by atoms with Gasteiger partial charge in [-0.25, -0.2) is 9.67 Å². The number of ether oxygens (including phenoxy) is 1. The molecular weight excluding hydrogens is 420 g/mol. The topological polar surface area (TPSA) is 76.9 Å². The van der Waals surface area contributed by atoms with Gasteiger partial charge in [-0.1, -0.05) is 15.9 Å². The summed E-state index contributed by atoms with van der Waals surface area (Å²) in [5.41, 5.74) is 3.44. The zero-order valence-electron chi connectivity index (χ0n) is 15.7. The van der Waals surface area contributed by atoms with Crippen LogP contribution in [0.2, 0.25) is 0 Å². The number of methoxy groups -OCH3 is 1. The van der Waals surface area contributed by atoms with E-state index in [4.69, 9.17) is 4.74 Å². The fraction of sp³-hybridized carbons (Fsp3) is 0.150. The van der Waals surface area contributed by atoms with Crippen LogP contribution in [0, 0.1) is 6.92 Å². The fourth-order valence-corrected chi connectivity index (χ4v) is 3.33. The molecule has 28 heavy (non-hydrogen) atoms. The molecule has 0 saturated carbocycles. The molecule has 7 nitrogen and oxygen atoms in total. The summed E-state index contributed by atoms with van der Waals surface area (Å²) in [7, 11) is 3.48. The highest BCUT2D eigenvalue weighted by Gasteiger charge is 2.11. The second kappa shape index (κ2) is 7.47. The second-order valence-electron chi connectivity index (χ2n) is 6.26. The van der Waals surface area contributed by atoms with Crippen molar-refractivity contribution >= 4 is 44.3 Å². The summed E-state index contributed by atoms with van der Waals surface area (Å²) in [6.45, 7) is 1.93. The van der Waals surface area contributed by atoms with Crippen molar-refractivity contribution in [1.29, 1.82) is 0 Å². The molecule has 0 aliphatic carbocycles. The fourth-order valence-electron chi connectivity index (χ4n) is 2.95. The number of anilines is 3. The molecule has 0 spiro atoms. The lowest BCUT2D eigenvalue weighted by molar-refractivity contribution is 0.412. The van der Waals surface area contributed by atoms with Crippen molar-refractivity contribution in [3.05, 3.63) is 58.8 Å². The predicted molar refractivity (Wildman–Crippen MR) is 115 cm³/mol. The minimum absolute atomic E-state index is 0.523. The largest absolute Gasteiger partial charge is 0.494 e. The summed E-state index contributed by atoms with van der Waals surface area (Å²) in [6, 6.07) is 13.7. The van der Waals surface area contributed by atoms with Crippen LogP contribution in [-0.2, 0) is 0 Å². The van der Waals surface area contributed by atoms with Gasteiger partial charge in [0.15, 0.2) is 0 Å². The van der Waals surface area contributed by atoms with Gasteiger partial charge in [-0.15, -0.1) is 0 Å². The maximum absolute atomic E-state index is 5.54. The molecule has 0 bridgehead atoms. The summed E-state index contributed by atoms with van der Waals surface area (Å²) in [5.74, 6) is 2.00. The monoisotopic (exact) mass is 438 g/mol. The van der Waals surface area contributed by atoms with E-state index in [1.165, 1.54) is 0 Å². The first-order valence-electron chi connectivity index (χ1n) is 8.69. The van der Waals surface area contributed by atoms with Crippen molar-refractivity contribution in [3.63, 3.8) is 0 Å². The molecule has 8 heteroatoms. The van der Waals surface area contributed by atoms with Crippen LogP contribution in [0.4, 0.5) is 17.5 Å². The Kier molecular flexibility index (Phi) is 4.87. The molecule has 0 fully saturated rings. The molecule has 0 atom stereocenters. The zero-order valence-corrected chi connectivity index (χ0v) is 17.3. The van der Waals surface area contributed by atoms with Crippen LogP contribution in [0.5, 0.6) is 5.75 Å². The van der Waals surface area contributed by atoms with Crippen LogP contribution in [0.1, 0.15) is 5.69 Å². The zero-order chi connectivity index (χ0) is 19.7. The Morgan fingerprint density at radius 3 is 2.71 bits per heavy atom. The van der Waals surface area contributed by atoms with E-state index in [0.717, 1.165) is 44.0 Å². The number of nitrogens with zero attached hydrogens (tertiary/aromatic N) is 4. The highest BCUT2D eigenvalue weighted by molar-refractivity contribution is 9.10. The van der Waals surface area contributed by atoms with Crippen molar-refractivity contribution in [2.45, 2.75) is 6.92 Å². The Hall–Kier alpha value is -3.13. The minimum Gasteiger partial charge on any atom is -0.494 e. The highest BCUT2D eigenvalue weighted by atomic mass is 79.9. The molecule has 0 radical (unpaired) electrons. The van der Waals surface area contributed by atoms with E-state index in [9.17, 15) is 0 Å². The second-order valence-corrected chi connectivity index (χ2v) is 7.17. The van der Waals surface area contributed by atoms with Crippen LogP contribution < -0.4 is 15.4 Å². The number of nitrogens with one attached hydrogen (secondary N) is 2. The van der Waals surface area contributed by atoms with Gasteiger partial charge in [-0.3, -0.25) is 0 Å². The summed E-state index contributed by atoms with van der Waals surface area (Å²) >= 11 is 3.50. The predicted octanol–water partition coefficient (Wildman–Crippen LogP) is 4.68. The van der Waals surface area contributed by atoms with Crippen molar-refractivity contribution in [1.82, 2.24) is 19.7 Å². The Morgan fingerprint density at radius 1 is 1.07 bits per heavy atom. The summed E-state index contributed by atoms with van der Waals surface area (Å²) in [6.07, 6.45) is 1.98. The van der Waals surface area contributed by atoms with Gasteiger partial charge in [0, 0.05) is 40.6 Å². The number of benzene rings is 2. The first-order valence-corrected chi connectivity index (χ1v) is 9.49. The van der Waals surface area contributed by atoms with Gasteiger partial charge < -0.3 is 15.4 Å². The van der Waals surface area contributed by atoms with Gasteiger partial charge in [0.25, 0.3) is 0 Å². The van der Waals surface area contributed by atoms with Gasteiger partial charge in [-0.2, -0.15) is 10.1 Å². The van der Waals surface area contributed by atoms with Crippen molar-refractivity contribution < 1.29 is 4.74 Å². The number of hydrogen-bond acceptors (Lipinski definition) is 6. The normalized spacial score (nSPS) is 10.9. The Labute approximate surface area is 170 Å². The number of rotatable bonds is 5. The molecule has 142 valence electrons. The SMILES string of the molecule is CNc1cc(C)nc(Nc2ccc(OC)c(-n3cc4cc(Br)ccc4n3)c2)n1. The van der Waals surface area contributed by atoms with Gasteiger partial charge >= 0.3 is 0 Å². The van der Waals surface area contributed by atoms with Crippen LogP contribution >= 0.6 is 15.9 Å². The lowest BCUT2D eigenvalue weighted by atomic mass is 10.2. The molecule has 4 rings (SSSR count). The highest BCUT2D eigenvalue weighted by Crippen LogP contribution is 2.29. The van der Waals surface area contributed by atoms with Crippen LogP contribution in [0.25, 0.3) is 16.6 Å². The smallest absolute Gasteiger partial charge is 0.229 e. The molecule has 4 aromatic rings. The third kappa shape index (κ3) is 3.63. The average molecular weight is 439 g/mol. The third-order valence-electron chi connectivity index (χ3n) is 4.26. The first-order chi connectivity index (χ1) is 13.6. The number of halogens is 1. The van der Waals surface area contributed by atoms with Crippen molar-refractivity contribution in [2.24, 2.45) is 0 Å². The maximum atomic E-state index is 5.54. The lowest BCUT2D eigenvalue weighted by Crippen LogP contribution is -2.04. The van der Waals surface area contributed by atoms with Crippen molar-refractivity contribution in [3.8, 4) is 11.4 Å². The van der Waals surface area contributed by atoms with E-state index >= 15 is 0 Å². The molecule has 0 amide bonds. The van der Waals surface area contributed by atoms with Crippen LogP contribution in [0.15, 0.2) is 53.1 Å². The first kappa shape index (κ1) is 18.2.